The van der Waals surface area contributed by atoms with Gasteiger partial charge in [-0.1, -0.05) is 170 Å². The van der Waals surface area contributed by atoms with Gasteiger partial charge in [0, 0.05) is 33.4 Å². The number of nitrogens with zero attached hydrogens (tertiary/aromatic N) is 2. The number of aromatic nitrogens is 1. The molecular formula is C56H38N2. The molecule has 0 fully saturated rings. The van der Waals surface area contributed by atoms with Crippen molar-refractivity contribution in [2.24, 2.45) is 0 Å². The summed E-state index contributed by atoms with van der Waals surface area (Å²) in [5.41, 5.74) is 14.1. The van der Waals surface area contributed by atoms with E-state index in [-0.39, 0.29) is 0 Å². The number of hydrogen-bond acceptors (Lipinski definition) is 1. The molecule has 11 rings (SSSR count). The van der Waals surface area contributed by atoms with E-state index in [4.69, 9.17) is 0 Å². The normalized spacial score (nSPS) is 11.4. The maximum Gasteiger partial charge on any atom is 0.0541 e. The van der Waals surface area contributed by atoms with Crippen molar-refractivity contribution in [2.75, 3.05) is 4.90 Å². The molecular weight excluding hydrogens is 701 g/mol. The standard InChI is InChI=1S/C56H38N2/c1-2-14-39(15-3-1)42-28-29-44-37-48(35-32-43(44)36-42)57(47-19-12-18-45(38-47)50-24-13-17-40-16-4-5-20-49(40)50)46-33-30-41(31-34-46)51-21-6-9-25-54(51)58-55-26-10-7-22-52(55)53-23-8-11-27-56(53)58/h1-38H. The van der Waals surface area contributed by atoms with Crippen LogP contribution in [0.3, 0.4) is 0 Å². The van der Waals surface area contributed by atoms with Gasteiger partial charge in [0.1, 0.15) is 0 Å². The third-order valence-corrected chi connectivity index (χ3v) is 11.6. The van der Waals surface area contributed by atoms with Gasteiger partial charge in [-0.25, -0.2) is 0 Å². The third kappa shape index (κ3) is 5.82. The molecule has 58 heavy (non-hydrogen) atoms. The highest BCUT2D eigenvalue weighted by atomic mass is 15.1. The Labute approximate surface area is 338 Å². The van der Waals surface area contributed by atoms with Crippen LogP contribution in [-0.2, 0) is 0 Å². The summed E-state index contributed by atoms with van der Waals surface area (Å²) in [6.07, 6.45) is 0. The summed E-state index contributed by atoms with van der Waals surface area (Å²) in [5, 5.41) is 7.42. The van der Waals surface area contributed by atoms with Gasteiger partial charge in [-0.15, -0.1) is 0 Å². The summed E-state index contributed by atoms with van der Waals surface area (Å²) in [4.78, 5) is 2.39. The molecule has 0 atom stereocenters. The topological polar surface area (TPSA) is 8.17 Å². The van der Waals surface area contributed by atoms with Crippen LogP contribution in [0.15, 0.2) is 231 Å². The van der Waals surface area contributed by atoms with E-state index in [0.717, 1.165) is 28.3 Å². The molecule has 0 saturated heterocycles. The van der Waals surface area contributed by atoms with Crippen LogP contribution in [0.5, 0.6) is 0 Å². The SMILES string of the molecule is c1ccc(-c2ccc3cc(N(c4ccc(-c5ccccc5-n5c6ccccc6c6ccccc65)cc4)c4cccc(-c5cccc6ccccc56)c4)ccc3c2)cc1. The van der Waals surface area contributed by atoms with Gasteiger partial charge < -0.3 is 9.47 Å². The summed E-state index contributed by atoms with van der Waals surface area (Å²) in [6, 6.07) is 83.7. The van der Waals surface area contributed by atoms with E-state index in [9.17, 15) is 0 Å². The maximum atomic E-state index is 2.41. The molecule has 11 aromatic rings. The Bertz CT molecular complexity index is 3220. The third-order valence-electron chi connectivity index (χ3n) is 11.6. The number of rotatable bonds is 7. The number of hydrogen-bond donors (Lipinski definition) is 0. The van der Waals surface area contributed by atoms with Gasteiger partial charge in [0.2, 0.25) is 0 Å². The lowest BCUT2D eigenvalue weighted by atomic mass is 9.97. The van der Waals surface area contributed by atoms with Gasteiger partial charge in [-0.2, -0.15) is 0 Å². The predicted octanol–water partition coefficient (Wildman–Crippen LogP) is 15.6. The highest BCUT2D eigenvalue weighted by Gasteiger charge is 2.18. The van der Waals surface area contributed by atoms with Crippen molar-refractivity contribution in [1.29, 1.82) is 0 Å². The zero-order valence-electron chi connectivity index (χ0n) is 31.8. The van der Waals surface area contributed by atoms with Gasteiger partial charge in [0.15, 0.2) is 0 Å². The van der Waals surface area contributed by atoms with Crippen LogP contribution in [0.1, 0.15) is 0 Å². The minimum atomic E-state index is 1.09. The Kier molecular flexibility index (Phi) is 8.19. The van der Waals surface area contributed by atoms with E-state index in [2.05, 4.69) is 240 Å². The molecule has 1 heterocycles. The summed E-state index contributed by atoms with van der Waals surface area (Å²) in [6.45, 7) is 0. The maximum absolute atomic E-state index is 2.41. The van der Waals surface area contributed by atoms with Crippen LogP contribution < -0.4 is 4.90 Å². The molecule has 1 aromatic heterocycles. The van der Waals surface area contributed by atoms with E-state index in [1.165, 1.54) is 71.2 Å². The lowest BCUT2D eigenvalue weighted by molar-refractivity contribution is 1.18. The van der Waals surface area contributed by atoms with Crippen molar-refractivity contribution in [2.45, 2.75) is 0 Å². The molecule has 0 aliphatic carbocycles. The average molecular weight is 739 g/mol. The lowest BCUT2D eigenvalue weighted by Crippen LogP contribution is -2.10. The molecule has 10 aromatic carbocycles. The van der Waals surface area contributed by atoms with E-state index in [1.54, 1.807) is 0 Å². The fraction of sp³-hybridized carbons (Fsp3) is 0. The first-order valence-electron chi connectivity index (χ1n) is 19.9. The minimum Gasteiger partial charge on any atom is -0.310 e. The smallest absolute Gasteiger partial charge is 0.0541 e. The molecule has 0 aliphatic heterocycles. The first-order valence-corrected chi connectivity index (χ1v) is 19.9. The van der Waals surface area contributed by atoms with Gasteiger partial charge >= 0.3 is 0 Å². The molecule has 0 unspecified atom stereocenters. The summed E-state index contributed by atoms with van der Waals surface area (Å²) in [7, 11) is 0. The van der Waals surface area contributed by atoms with E-state index in [1.807, 2.05) is 0 Å². The Morgan fingerprint density at radius 1 is 0.276 bits per heavy atom. The fourth-order valence-electron chi connectivity index (χ4n) is 8.80. The Hall–Kier alpha value is -7.68. The number of anilines is 3. The van der Waals surface area contributed by atoms with Gasteiger partial charge in [-0.05, 0) is 110 Å². The van der Waals surface area contributed by atoms with Crippen molar-refractivity contribution < 1.29 is 0 Å². The second kappa shape index (κ2) is 14.1. The van der Waals surface area contributed by atoms with Gasteiger partial charge in [0.05, 0.1) is 16.7 Å². The second-order valence-electron chi connectivity index (χ2n) is 15.0. The van der Waals surface area contributed by atoms with Crippen molar-refractivity contribution in [3.8, 4) is 39.1 Å². The van der Waals surface area contributed by atoms with E-state index >= 15 is 0 Å². The molecule has 0 radical (unpaired) electrons. The summed E-state index contributed by atoms with van der Waals surface area (Å²) >= 11 is 0. The van der Waals surface area contributed by atoms with Crippen LogP contribution in [0.4, 0.5) is 17.1 Å². The van der Waals surface area contributed by atoms with Crippen LogP contribution in [0.2, 0.25) is 0 Å². The molecule has 0 amide bonds. The zero-order valence-corrected chi connectivity index (χ0v) is 31.8. The monoisotopic (exact) mass is 738 g/mol. The average Bonchev–Trinajstić information content (AvgIpc) is 3.63. The van der Waals surface area contributed by atoms with E-state index < -0.39 is 0 Å². The molecule has 0 bridgehead atoms. The quantitative estimate of drug-likeness (QED) is 0.158. The van der Waals surface area contributed by atoms with Crippen LogP contribution >= 0.6 is 0 Å². The van der Waals surface area contributed by atoms with Gasteiger partial charge in [0.25, 0.3) is 0 Å². The molecule has 0 aliphatic rings. The molecule has 2 nitrogen and oxygen atoms in total. The predicted molar refractivity (Wildman–Crippen MR) is 247 cm³/mol. The Morgan fingerprint density at radius 2 is 0.828 bits per heavy atom. The minimum absolute atomic E-state index is 1.09. The summed E-state index contributed by atoms with van der Waals surface area (Å²) in [5.74, 6) is 0. The molecule has 2 heteroatoms. The molecule has 0 spiro atoms. The number of fused-ring (bicyclic) bond motifs is 5. The fourth-order valence-corrected chi connectivity index (χ4v) is 8.80. The van der Waals surface area contributed by atoms with Crippen LogP contribution in [-0.4, -0.2) is 4.57 Å². The molecule has 0 saturated carbocycles. The first-order chi connectivity index (χ1) is 28.8. The van der Waals surface area contributed by atoms with Crippen molar-refractivity contribution in [3.05, 3.63) is 231 Å². The first kappa shape index (κ1) is 33.6. The second-order valence-corrected chi connectivity index (χ2v) is 15.0. The lowest BCUT2D eigenvalue weighted by Gasteiger charge is -2.27. The van der Waals surface area contributed by atoms with Crippen molar-refractivity contribution in [1.82, 2.24) is 4.57 Å². The Balaban J connectivity index is 1.04. The Morgan fingerprint density at radius 3 is 1.64 bits per heavy atom. The van der Waals surface area contributed by atoms with Gasteiger partial charge in [-0.3, -0.25) is 0 Å². The van der Waals surface area contributed by atoms with Crippen LogP contribution in [0, 0.1) is 0 Å². The van der Waals surface area contributed by atoms with E-state index in [0.29, 0.717) is 0 Å². The molecule has 272 valence electrons. The summed E-state index contributed by atoms with van der Waals surface area (Å²) < 4.78 is 2.41. The van der Waals surface area contributed by atoms with Crippen molar-refractivity contribution >= 4 is 60.4 Å². The highest BCUT2D eigenvalue weighted by molar-refractivity contribution is 6.10. The van der Waals surface area contributed by atoms with Crippen molar-refractivity contribution in [3.63, 3.8) is 0 Å². The highest BCUT2D eigenvalue weighted by Crippen LogP contribution is 2.41. The largest absolute Gasteiger partial charge is 0.310 e. The number of benzene rings is 10. The van der Waals surface area contributed by atoms with Crippen LogP contribution in [0.25, 0.3) is 82.4 Å². The molecule has 0 N–H and O–H groups in total. The number of para-hydroxylation sites is 3. The zero-order chi connectivity index (χ0) is 38.4.